The van der Waals surface area contributed by atoms with Crippen LogP contribution in [-0.4, -0.2) is 20.5 Å². The van der Waals surface area contributed by atoms with Gasteiger partial charge in [0.05, 0.1) is 11.3 Å². The minimum absolute atomic E-state index is 0.261. The molecule has 2 aromatic heterocycles. The molecule has 0 aliphatic heterocycles. The highest BCUT2D eigenvalue weighted by molar-refractivity contribution is 7.15. The predicted octanol–water partition coefficient (Wildman–Crippen LogP) is 2.98. The number of benzene rings is 1. The van der Waals surface area contributed by atoms with Crippen LogP contribution in [0.5, 0.6) is 5.75 Å². The van der Waals surface area contributed by atoms with Gasteiger partial charge in [0.25, 0.3) is 0 Å². The molecule has 0 spiro atoms. The number of carboxylic acids is 1. The zero-order valence-corrected chi connectivity index (χ0v) is 11.6. The normalized spacial score (nSPS) is 10.8. The largest absolute Gasteiger partial charge is 0.487 e. The van der Waals surface area contributed by atoms with Crippen molar-refractivity contribution in [2.75, 3.05) is 0 Å². The average Bonchev–Trinajstić information content (AvgIpc) is 2.97. The van der Waals surface area contributed by atoms with E-state index in [0.29, 0.717) is 12.4 Å². The smallest absolute Gasteiger partial charge is 0.335 e. The van der Waals surface area contributed by atoms with Gasteiger partial charge in [-0.3, -0.25) is 4.40 Å². The van der Waals surface area contributed by atoms with Gasteiger partial charge in [-0.15, -0.1) is 11.3 Å². The molecule has 0 aliphatic carbocycles. The number of nitrogens with zero attached hydrogens (tertiary/aromatic N) is 2. The minimum atomic E-state index is -0.936. The number of aryl methyl sites for hydroxylation is 1. The second-order valence-electron chi connectivity index (χ2n) is 4.40. The zero-order valence-electron chi connectivity index (χ0n) is 10.7. The summed E-state index contributed by atoms with van der Waals surface area (Å²) >= 11 is 1.57. The molecule has 0 fully saturated rings. The van der Waals surface area contributed by atoms with Gasteiger partial charge in [-0.25, -0.2) is 9.78 Å². The molecule has 1 aromatic carbocycles. The maximum Gasteiger partial charge on any atom is 0.335 e. The highest BCUT2D eigenvalue weighted by Gasteiger charge is 2.08. The van der Waals surface area contributed by atoms with E-state index in [1.54, 1.807) is 23.5 Å². The maximum absolute atomic E-state index is 10.9. The molecule has 0 amide bonds. The van der Waals surface area contributed by atoms with Crippen LogP contribution in [0, 0.1) is 6.92 Å². The van der Waals surface area contributed by atoms with E-state index >= 15 is 0 Å². The van der Waals surface area contributed by atoms with Crippen LogP contribution in [-0.2, 0) is 6.61 Å². The lowest BCUT2D eigenvalue weighted by Crippen LogP contribution is -2.00. The standard InChI is InChI=1S/C14H12N2O3S/c1-9-6-10(13(17)18)2-3-12(9)19-8-11-7-16-4-5-20-14(16)15-11/h2-7H,8H2,1H3,(H,17,18). The molecular formula is C14H12N2O3S. The fraction of sp³-hybridized carbons (Fsp3) is 0.143. The van der Waals surface area contributed by atoms with Gasteiger partial charge in [0.15, 0.2) is 4.96 Å². The summed E-state index contributed by atoms with van der Waals surface area (Å²) in [4.78, 5) is 16.2. The summed E-state index contributed by atoms with van der Waals surface area (Å²) in [6, 6.07) is 4.82. The molecule has 0 bridgehead atoms. The van der Waals surface area contributed by atoms with Gasteiger partial charge in [0.1, 0.15) is 12.4 Å². The summed E-state index contributed by atoms with van der Waals surface area (Å²) in [6.45, 7) is 2.19. The van der Waals surface area contributed by atoms with E-state index in [-0.39, 0.29) is 5.56 Å². The van der Waals surface area contributed by atoms with E-state index in [2.05, 4.69) is 4.98 Å². The Morgan fingerprint density at radius 1 is 1.50 bits per heavy atom. The van der Waals surface area contributed by atoms with Crippen LogP contribution < -0.4 is 4.74 Å². The lowest BCUT2D eigenvalue weighted by molar-refractivity contribution is 0.0696. The van der Waals surface area contributed by atoms with E-state index in [4.69, 9.17) is 9.84 Å². The van der Waals surface area contributed by atoms with Gasteiger partial charge in [0.2, 0.25) is 0 Å². The second-order valence-corrected chi connectivity index (χ2v) is 5.27. The number of carboxylic acid groups (broad SMARTS) is 1. The number of imidazole rings is 1. The Morgan fingerprint density at radius 3 is 3.05 bits per heavy atom. The third kappa shape index (κ3) is 2.37. The number of hydrogen-bond donors (Lipinski definition) is 1. The third-order valence-electron chi connectivity index (χ3n) is 2.94. The van der Waals surface area contributed by atoms with Gasteiger partial charge < -0.3 is 9.84 Å². The molecule has 0 unspecified atom stereocenters. The Morgan fingerprint density at radius 2 is 2.35 bits per heavy atom. The molecule has 0 saturated heterocycles. The highest BCUT2D eigenvalue weighted by atomic mass is 32.1. The molecule has 102 valence electrons. The second kappa shape index (κ2) is 4.97. The molecule has 3 rings (SSSR count). The summed E-state index contributed by atoms with van der Waals surface area (Å²) in [6.07, 6.45) is 3.87. The molecule has 0 atom stereocenters. The summed E-state index contributed by atoms with van der Waals surface area (Å²) in [5, 5.41) is 10.9. The molecule has 0 radical (unpaired) electrons. The topological polar surface area (TPSA) is 63.8 Å². The Balaban J connectivity index is 1.74. The molecule has 1 N–H and O–H groups in total. The SMILES string of the molecule is Cc1cc(C(=O)O)ccc1OCc1cn2ccsc2n1. The van der Waals surface area contributed by atoms with Gasteiger partial charge in [-0.2, -0.15) is 0 Å². The van der Waals surface area contributed by atoms with E-state index < -0.39 is 5.97 Å². The zero-order chi connectivity index (χ0) is 14.1. The number of ether oxygens (including phenoxy) is 1. The van der Waals surface area contributed by atoms with Crippen LogP contribution in [0.1, 0.15) is 21.6 Å². The van der Waals surface area contributed by atoms with Crippen LogP contribution in [0.2, 0.25) is 0 Å². The first-order chi connectivity index (χ1) is 9.63. The first kappa shape index (κ1) is 12.7. The summed E-state index contributed by atoms with van der Waals surface area (Å²) in [5.74, 6) is -0.264. The minimum Gasteiger partial charge on any atom is -0.487 e. The van der Waals surface area contributed by atoms with Crippen molar-refractivity contribution in [3.63, 3.8) is 0 Å². The fourth-order valence-electron chi connectivity index (χ4n) is 1.94. The fourth-order valence-corrected chi connectivity index (χ4v) is 2.66. The van der Waals surface area contributed by atoms with Crippen LogP contribution in [0.3, 0.4) is 0 Å². The number of thiazole rings is 1. The quantitative estimate of drug-likeness (QED) is 0.801. The van der Waals surface area contributed by atoms with Crippen molar-refractivity contribution >= 4 is 22.3 Å². The van der Waals surface area contributed by atoms with Gasteiger partial charge in [-0.05, 0) is 30.7 Å². The Kier molecular flexibility index (Phi) is 3.15. The van der Waals surface area contributed by atoms with E-state index in [1.165, 1.54) is 6.07 Å². The maximum atomic E-state index is 10.9. The number of hydrogen-bond acceptors (Lipinski definition) is 4. The number of fused-ring (bicyclic) bond motifs is 1. The van der Waals surface area contributed by atoms with Crippen molar-refractivity contribution in [2.24, 2.45) is 0 Å². The summed E-state index contributed by atoms with van der Waals surface area (Å²) in [7, 11) is 0. The number of aromatic carboxylic acids is 1. The van der Waals surface area contributed by atoms with Gasteiger partial charge in [-0.1, -0.05) is 0 Å². The van der Waals surface area contributed by atoms with E-state index in [1.807, 2.05) is 29.1 Å². The van der Waals surface area contributed by atoms with Crippen molar-refractivity contribution in [1.82, 2.24) is 9.38 Å². The first-order valence-electron chi connectivity index (χ1n) is 6.01. The molecule has 0 aliphatic rings. The Bertz CT molecular complexity index is 747. The summed E-state index contributed by atoms with van der Waals surface area (Å²) < 4.78 is 7.64. The first-order valence-corrected chi connectivity index (χ1v) is 6.89. The number of rotatable bonds is 4. The third-order valence-corrected chi connectivity index (χ3v) is 3.71. The Labute approximate surface area is 119 Å². The van der Waals surface area contributed by atoms with E-state index in [0.717, 1.165) is 16.2 Å². The molecule has 3 aromatic rings. The molecule has 0 saturated carbocycles. The van der Waals surface area contributed by atoms with Crippen LogP contribution >= 0.6 is 11.3 Å². The monoisotopic (exact) mass is 288 g/mol. The van der Waals surface area contributed by atoms with Crippen LogP contribution in [0.25, 0.3) is 4.96 Å². The summed E-state index contributed by atoms with van der Waals surface area (Å²) in [5.41, 5.74) is 1.90. The van der Waals surface area contributed by atoms with Crippen molar-refractivity contribution in [3.05, 3.63) is 52.8 Å². The lowest BCUT2D eigenvalue weighted by Gasteiger charge is -2.08. The lowest BCUT2D eigenvalue weighted by atomic mass is 10.1. The van der Waals surface area contributed by atoms with Crippen LogP contribution in [0.15, 0.2) is 36.0 Å². The molecule has 2 heterocycles. The Hall–Kier alpha value is -2.34. The molecule has 5 nitrogen and oxygen atoms in total. The van der Waals surface area contributed by atoms with E-state index in [9.17, 15) is 4.79 Å². The van der Waals surface area contributed by atoms with Crippen molar-refractivity contribution in [3.8, 4) is 5.75 Å². The van der Waals surface area contributed by atoms with Crippen LogP contribution in [0.4, 0.5) is 0 Å². The number of carbonyl (C=O) groups is 1. The number of aromatic nitrogens is 2. The van der Waals surface area contributed by atoms with Gasteiger partial charge in [0, 0.05) is 17.8 Å². The van der Waals surface area contributed by atoms with Crippen molar-refractivity contribution < 1.29 is 14.6 Å². The van der Waals surface area contributed by atoms with Gasteiger partial charge >= 0.3 is 5.97 Å². The predicted molar refractivity (Wildman–Crippen MR) is 75.5 cm³/mol. The highest BCUT2D eigenvalue weighted by Crippen LogP contribution is 2.21. The van der Waals surface area contributed by atoms with Crippen molar-refractivity contribution in [1.29, 1.82) is 0 Å². The molecule has 6 heteroatoms. The molecular weight excluding hydrogens is 276 g/mol. The molecule has 20 heavy (non-hydrogen) atoms. The van der Waals surface area contributed by atoms with Crippen molar-refractivity contribution in [2.45, 2.75) is 13.5 Å². The average molecular weight is 288 g/mol.